The number of carbonyl (C=O) groups is 2. The molecule has 194 valence electrons. The van der Waals surface area contributed by atoms with Crippen molar-refractivity contribution in [3.63, 3.8) is 0 Å². The number of rotatable bonds is 7. The highest BCUT2D eigenvalue weighted by Gasteiger charge is 2.25. The number of likely N-dealkylation sites (tertiary alicyclic amines) is 1. The Labute approximate surface area is 229 Å². The predicted molar refractivity (Wildman–Crippen MR) is 151 cm³/mol. The molecule has 39 heavy (non-hydrogen) atoms. The van der Waals surface area contributed by atoms with Gasteiger partial charge in [0, 0.05) is 36.8 Å². The highest BCUT2D eigenvalue weighted by atomic mass is 32.1. The van der Waals surface area contributed by atoms with Gasteiger partial charge in [-0.2, -0.15) is 0 Å². The molecule has 6 rings (SSSR count). The van der Waals surface area contributed by atoms with Crippen molar-refractivity contribution in [1.29, 1.82) is 0 Å². The third kappa shape index (κ3) is 5.41. The Balaban J connectivity index is 1.22. The van der Waals surface area contributed by atoms with Crippen molar-refractivity contribution in [3.05, 3.63) is 101 Å². The zero-order chi connectivity index (χ0) is 26.8. The second-order valence-electron chi connectivity index (χ2n) is 9.55. The first-order chi connectivity index (χ1) is 19.0. The number of thiazole rings is 1. The van der Waals surface area contributed by atoms with Crippen LogP contribution in [0.1, 0.15) is 32.0 Å². The van der Waals surface area contributed by atoms with E-state index in [0.717, 1.165) is 42.9 Å². The topological polar surface area (TPSA) is 108 Å². The molecule has 3 aromatic carbocycles. The summed E-state index contributed by atoms with van der Waals surface area (Å²) >= 11 is 1.35. The first-order valence-corrected chi connectivity index (χ1v) is 13.5. The predicted octanol–water partition coefficient (Wildman–Crippen LogP) is 5.12. The summed E-state index contributed by atoms with van der Waals surface area (Å²) in [6.07, 6.45) is 2.52. The lowest BCUT2D eigenvalue weighted by atomic mass is 10.0. The fraction of sp³-hybridized carbons (Fsp3) is 0.167. The maximum absolute atomic E-state index is 12.4. The van der Waals surface area contributed by atoms with Crippen LogP contribution in [0.25, 0.3) is 33.5 Å². The number of nitrogens with one attached hydrogen (secondary N) is 1. The lowest BCUT2D eigenvalue weighted by molar-refractivity contribution is 0.0696. The number of nitrogens with zero attached hydrogens (tertiary/aromatic N) is 4. The first kappa shape index (κ1) is 24.8. The summed E-state index contributed by atoms with van der Waals surface area (Å²) in [4.78, 5) is 40.6. The first-order valence-electron chi connectivity index (χ1n) is 12.6. The SMILES string of the molecule is O=C(O)c1ccc2nc(-c3ccc(CN4CC[C@@H](NC(=O)c5cncs5)C4)cc3)c(-c3ccccc3)nc2c1. The molecule has 1 fully saturated rings. The minimum absolute atomic E-state index is 0.0569. The van der Waals surface area contributed by atoms with Crippen LogP contribution in [0.15, 0.2) is 84.5 Å². The standard InChI is InChI=1S/C30H25N5O3S/c36-29(26-15-31-18-39-26)32-23-12-13-35(17-23)16-19-6-8-21(9-7-19)28-27(20-4-2-1-3-5-20)34-25-14-22(30(37)38)10-11-24(25)33-28/h1-11,14-15,18,23H,12-13,16-17H2,(H,32,36)(H,37,38)/t23-/m1/s1. The van der Waals surface area contributed by atoms with Gasteiger partial charge in [-0.25, -0.2) is 14.8 Å². The lowest BCUT2D eigenvalue weighted by Crippen LogP contribution is -2.36. The Bertz CT molecular complexity index is 1640. The molecule has 1 saturated heterocycles. The molecule has 0 unspecified atom stereocenters. The fourth-order valence-electron chi connectivity index (χ4n) is 4.89. The maximum Gasteiger partial charge on any atom is 0.335 e. The Kier molecular flexibility index (Phi) is 6.83. The molecule has 5 aromatic rings. The van der Waals surface area contributed by atoms with Crippen molar-refractivity contribution in [3.8, 4) is 22.5 Å². The van der Waals surface area contributed by atoms with E-state index in [-0.39, 0.29) is 17.5 Å². The van der Waals surface area contributed by atoms with Gasteiger partial charge in [-0.1, -0.05) is 54.6 Å². The molecule has 2 aromatic heterocycles. The molecule has 0 saturated carbocycles. The average Bonchev–Trinajstić information content (AvgIpc) is 3.66. The van der Waals surface area contributed by atoms with Gasteiger partial charge < -0.3 is 10.4 Å². The van der Waals surface area contributed by atoms with Gasteiger partial charge in [0.1, 0.15) is 4.88 Å². The van der Waals surface area contributed by atoms with E-state index in [1.54, 1.807) is 29.9 Å². The quantitative estimate of drug-likeness (QED) is 0.298. The van der Waals surface area contributed by atoms with Crippen molar-refractivity contribution in [2.75, 3.05) is 13.1 Å². The van der Waals surface area contributed by atoms with Crippen molar-refractivity contribution in [1.82, 2.24) is 25.2 Å². The summed E-state index contributed by atoms with van der Waals surface area (Å²) in [5.74, 6) is -1.05. The molecule has 0 bridgehead atoms. The molecule has 3 heterocycles. The third-order valence-corrected chi connectivity index (χ3v) is 7.63. The number of aromatic nitrogens is 3. The van der Waals surface area contributed by atoms with Gasteiger partial charge in [0.2, 0.25) is 0 Å². The van der Waals surface area contributed by atoms with E-state index in [4.69, 9.17) is 9.97 Å². The normalized spacial score (nSPS) is 15.4. The molecular weight excluding hydrogens is 510 g/mol. The lowest BCUT2D eigenvalue weighted by Gasteiger charge is -2.17. The number of carbonyl (C=O) groups excluding carboxylic acids is 1. The van der Waals surface area contributed by atoms with Crippen LogP contribution in [0.4, 0.5) is 0 Å². The number of carboxylic acid groups (broad SMARTS) is 1. The molecule has 1 aliphatic heterocycles. The van der Waals surface area contributed by atoms with Gasteiger partial charge in [-0.3, -0.25) is 14.7 Å². The van der Waals surface area contributed by atoms with E-state index in [0.29, 0.717) is 21.6 Å². The van der Waals surface area contributed by atoms with Gasteiger partial charge in [0.25, 0.3) is 5.91 Å². The maximum atomic E-state index is 12.4. The van der Waals surface area contributed by atoms with Crippen LogP contribution < -0.4 is 5.32 Å². The number of carboxylic acids is 1. The van der Waals surface area contributed by atoms with Gasteiger partial charge in [0.05, 0.1) is 39.7 Å². The molecular formula is C30H25N5O3S. The smallest absolute Gasteiger partial charge is 0.335 e. The van der Waals surface area contributed by atoms with Crippen molar-refractivity contribution in [2.45, 2.75) is 19.0 Å². The van der Waals surface area contributed by atoms with Gasteiger partial charge in [-0.15, -0.1) is 11.3 Å². The number of benzene rings is 3. The molecule has 0 aliphatic carbocycles. The number of hydrogen-bond donors (Lipinski definition) is 2. The Morgan fingerprint density at radius 2 is 1.69 bits per heavy atom. The molecule has 2 N–H and O–H groups in total. The van der Waals surface area contributed by atoms with Crippen LogP contribution in [-0.2, 0) is 6.54 Å². The summed E-state index contributed by atoms with van der Waals surface area (Å²) < 4.78 is 0. The third-order valence-electron chi connectivity index (χ3n) is 6.86. The average molecular weight is 536 g/mol. The van der Waals surface area contributed by atoms with Crippen LogP contribution in [0.3, 0.4) is 0 Å². The minimum Gasteiger partial charge on any atom is -0.478 e. The molecule has 9 heteroatoms. The van der Waals surface area contributed by atoms with E-state index in [9.17, 15) is 14.7 Å². The second kappa shape index (κ2) is 10.7. The zero-order valence-electron chi connectivity index (χ0n) is 20.9. The summed E-state index contributed by atoms with van der Waals surface area (Å²) in [6.45, 7) is 2.51. The van der Waals surface area contributed by atoms with E-state index in [1.165, 1.54) is 16.9 Å². The largest absolute Gasteiger partial charge is 0.478 e. The molecule has 8 nitrogen and oxygen atoms in total. The van der Waals surface area contributed by atoms with E-state index < -0.39 is 5.97 Å². The van der Waals surface area contributed by atoms with Crippen molar-refractivity contribution >= 4 is 34.2 Å². The molecule has 0 spiro atoms. The molecule has 1 atom stereocenters. The number of hydrogen-bond acceptors (Lipinski definition) is 7. The molecule has 1 aliphatic rings. The Morgan fingerprint density at radius 3 is 2.41 bits per heavy atom. The highest BCUT2D eigenvalue weighted by Crippen LogP contribution is 2.31. The van der Waals surface area contributed by atoms with Gasteiger partial charge in [-0.05, 0) is 30.2 Å². The van der Waals surface area contributed by atoms with E-state index >= 15 is 0 Å². The second-order valence-corrected chi connectivity index (χ2v) is 10.4. The van der Waals surface area contributed by atoms with Crippen molar-refractivity contribution in [2.24, 2.45) is 0 Å². The Hall–Kier alpha value is -4.47. The summed E-state index contributed by atoms with van der Waals surface area (Å²) in [5.41, 5.74) is 7.51. The van der Waals surface area contributed by atoms with Crippen molar-refractivity contribution < 1.29 is 14.7 Å². The Morgan fingerprint density at radius 1 is 0.949 bits per heavy atom. The number of amides is 1. The van der Waals surface area contributed by atoms with E-state index in [1.807, 2.05) is 30.3 Å². The van der Waals surface area contributed by atoms with E-state index in [2.05, 4.69) is 39.5 Å². The summed E-state index contributed by atoms with van der Waals surface area (Å²) in [5, 5.41) is 12.5. The number of aromatic carboxylic acids is 1. The zero-order valence-corrected chi connectivity index (χ0v) is 21.8. The van der Waals surface area contributed by atoms with Crippen LogP contribution in [0.5, 0.6) is 0 Å². The number of fused-ring (bicyclic) bond motifs is 1. The van der Waals surface area contributed by atoms with Gasteiger partial charge >= 0.3 is 5.97 Å². The molecule has 1 amide bonds. The fourth-order valence-corrected chi connectivity index (χ4v) is 5.41. The highest BCUT2D eigenvalue weighted by molar-refractivity contribution is 7.11. The summed E-state index contributed by atoms with van der Waals surface area (Å²) in [7, 11) is 0. The van der Waals surface area contributed by atoms with Crippen LogP contribution >= 0.6 is 11.3 Å². The van der Waals surface area contributed by atoms with Crippen LogP contribution in [0.2, 0.25) is 0 Å². The van der Waals surface area contributed by atoms with Crippen LogP contribution in [-0.4, -0.2) is 56.0 Å². The monoisotopic (exact) mass is 535 g/mol. The summed E-state index contributed by atoms with van der Waals surface area (Å²) in [6, 6.07) is 23.1. The minimum atomic E-state index is -0.994. The van der Waals surface area contributed by atoms with Gasteiger partial charge in [0.15, 0.2) is 0 Å². The van der Waals surface area contributed by atoms with Crippen LogP contribution in [0, 0.1) is 0 Å². The molecule has 0 radical (unpaired) electrons.